The minimum absolute atomic E-state index is 0.0330. The molecule has 0 bridgehead atoms. The van der Waals surface area contributed by atoms with Crippen LogP contribution in [-0.2, 0) is 4.79 Å². The molecule has 0 aromatic heterocycles. The summed E-state index contributed by atoms with van der Waals surface area (Å²) in [6.45, 7) is 0.617. The van der Waals surface area contributed by atoms with E-state index in [1.807, 2.05) is 0 Å². The largest absolute Gasteiger partial charge is 0.391 e. The molecular weight excluding hydrogens is 257 g/mol. The van der Waals surface area contributed by atoms with Crippen LogP contribution in [0.4, 0.5) is 13.2 Å². The number of rotatable bonds is 5. The maximum atomic E-state index is 12.6. The number of hydrogen-bond acceptors (Lipinski definition) is 2. The molecule has 2 saturated carbocycles. The molecule has 0 radical (unpaired) electrons. The Morgan fingerprint density at radius 3 is 2.47 bits per heavy atom. The number of amides is 1. The van der Waals surface area contributed by atoms with Crippen LogP contribution in [0.15, 0.2) is 0 Å². The second kappa shape index (κ2) is 6.11. The van der Waals surface area contributed by atoms with Gasteiger partial charge in [0, 0.05) is 25.0 Å². The molecule has 2 aliphatic rings. The second-order valence-corrected chi connectivity index (χ2v) is 5.65. The molecular formula is C13H21F3N2O. The summed E-state index contributed by atoms with van der Waals surface area (Å²) in [6.07, 6.45) is -0.0240. The van der Waals surface area contributed by atoms with Gasteiger partial charge in [-0.25, -0.2) is 0 Å². The van der Waals surface area contributed by atoms with E-state index in [-0.39, 0.29) is 24.8 Å². The highest BCUT2D eigenvalue weighted by Crippen LogP contribution is 2.37. The Bertz CT molecular complexity index is 316. The Morgan fingerprint density at radius 1 is 1.11 bits per heavy atom. The van der Waals surface area contributed by atoms with Crippen molar-refractivity contribution in [1.82, 2.24) is 10.6 Å². The summed E-state index contributed by atoms with van der Waals surface area (Å²) in [5.41, 5.74) is 0. The standard InChI is InChI=1S/C13H21F3N2O/c14-13(15,16)9-2-1-3-11(8-9)18-12(19)6-7-17-10-4-5-10/h9-11,17H,1-8H2,(H,18,19). The molecule has 110 valence electrons. The molecule has 19 heavy (non-hydrogen) atoms. The van der Waals surface area contributed by atoms with Crippen LogP contribution in [0.25, 0.3) is 0 Å². The lowest BCUT2D eigenvalue weighted by Crippen LogP contribution is -2.42. The Morgan fingerprint density at radius 2 is 1.84 bits per heavy atom. The van der Waals surface area contributed by atoms with Crippen molar-refractivity contribution in [2.75, 3.05) is 6.54 Å². The highest BCUT2D eigenvalue weighted by molar-refractivity contribution is 5.76. The van der Waals surface area contributed by atoms with Crippen LogP contribution in [0, 0.1) is 5.92 Å². The molecule has 6 heteroatoms. The fourth-order valence-corrected chi connectivity index (χ4v) is 2.60. The van der Waals surface area contributed by atoms with E-state index in [0.29, 0.717) is 31.8 Å². The Kier molecular flexibility index (Phi) is 4.71. The number of carbonyl (C=O) groups is 1. The van der Waals surface area contributed by atoms with Crippen molar-refractivity contribution in [1.29, 1.82) is 0 Å². The van der Waals surface area contributed by atoms with Gasteiger partial charge >= 0.3 is 6.18 Å². The van der Waals surface area contributed by atoms with Crippen molar-refractivity contribution in [3.63, 3.8) is 0 Å². The number of halogens is 3. The summed E-state index contributed by atoms with van der Waals surface area (Å²) >= 11 is 0. The van der Waals surface area contributed by atoms with Gasteiger partial charge in [-0.3, -0.25) is 4.79 Å². The Balaban J connectivity index is 1.67. The summed E-state index contributed by atoms with van der Waals surface area (Å²) in [7, 11) is 0. The molecule has 2 atom stereocenters. The van der Waals surface area contributed by atoms with E-state index in [0.717, 1.165) is 12.8 Å². The molecule has 0 heterocycles. The fraction of sp³-hybridized carbons (Fsp3) is 0.923. The van der Waals surface area contributed by atoms with Crippen LogP contribution in [0.5, 0.6) is 0 Å². The molecule has 0 aliphatic heterocycles. The molecule has 2 rings (SSSR count). The van der Waals surface area contributed by atoms with E-state index >= 15 is 0 Å². The minimum atomic E-state index is -4.13. The van der Waals surface area contributed by atoms with Crippen LogP contribution in [-0.4, -0.2) is 30.7 Å². The number of alkyl halides is 3. The van der Waals surface area contributed by atoms with Gasteiger partial charge in [0.15, 0.2) is 0 Å². The van der Waals surface area contributed by atoms with Crippen LogP contribution >= 0.6 is 0 Å². The molecule has 0 spiro atoms. The molecule has 2 aliphatic carbocycles. The average molecular weight is 278 g/mol. The van der Waals surface area contributed by atoms with Gasteiger partial charge in [0.2, 0.25) is 5.91 Å². The lowest BCUT2D eigenvalue weighted by molar-refractivity contribution is -0.184. The fourth-order valence-electron chi connectivity index (χ4n) is 2.60. The van der Waals surface area contributed by atoms with Gasteiger partial charge in [-0.15, -0.1) is 0 Å². The first-order valence-corrected chi connectivity index (χ1v) is 7.04. The van der Waals surface area contributed by atoms with Crippen LogP contribution < -0.4 is 10.6 Å². The summed E-state index contributed by atoms with van der Waals surface area (Å²) in [5.74, 6) is -1.39. The van der Waals surface area contributed by atoms with Crippen LogP contribution in [0.1, 0.15) is 44.9 Å². The maximum absolute atomic E-state index is 12.6. The highest BCUT2D eigenvalue weighted by atomic mass is 19.4. The van der Waals surface area contributed by atoms with Crippen molar-refractivity contribution in [3.8, 4) is 0 Å². The summed E-state index contributed by atoms with van der Waals surface area (Å²) in [4.78, 5) is 11.6. The Labute approximate surface area is 111 Å². The van der Waals surface area contributed by atoms with Gasteiger partial charge in [0.1, 0.15) is 0 Å². The summed E-state index contributed by atoms with van der Waals surface area (Å²) in [6, 6.07) is 0.242. The van der Waals surface area contributed by atoms with Crippen molar-refractivity contribution in [3.05, 3.63) is 0 Å². The van der Waals surface area contributed by atoms with Crippen molar-refractivity contribution in [2.45, 2.75) is 63.2 Å². The van der Waals surface area contributed by atoms with Gasteiger partial charge in [0.05, 0.1) is 5.92 Å². The molecule has 2 fully saturated rings. The second-order valence-electron chi connectivity index (χ2n) is 5.65. The Hall–Kier alpha value is -0.780. The zero-order chi connectivity index (χ0) is 13.9. The number of nitrogens with one attached hydrogen (secondary N) is 2. The van der Waals surface area contributed by atoms with E-state index < -0.39 is 12.1 Å². The molecule has 3 nitrogen and oxygen atoms in total. The SMILES string of the molecule is O=C(CCNC1CC1)NC1CCCC(C(F)(F)F)C1. The van der Waals surface area contributed by atoms with Crippen LogP contribution in [0.2, 0.25) is 0 Å². The van der Waals surface area contributed by atoms with Crippen molar-refractivity contribution < 1.29 is 18.0 Å². The highest BCUT2D eigenvalue weighted by Gasteiger charge is 2.42. The first-order chi connectivity index (χ1) is 8.95. The monoisotopic (exact) mass is 278 g/mol. The van der Waals surface area contributed by atoms with E-state index in [4.69, 9.17) is 0 Å². The molecule has 0 aromatic rings. The van der Waals surface area contributed by atoms with Crippen molar-refractivity contribution >= 4 is 5.91 Å². The predicted octanol–water partition coefficient (Wildman–Crippen LogP) is 2.37. The molecule has 1 amide bonds. The quantitative estimate of drug-likeness (QED) is 0.810. The summed E-state index contributed by atoms with van der Waals surface area (Å²) < 4.78 is 37.9. The lowest BCUT2D eigenvalue weighted by Gasteiger charge is -2.31. The van der Waals surface area contributed by atoms with E-state index in [1.165, 1.54) is 0 Å². The maximum Gasteiger partial charge on any atom is 0.391 e. The topological polar surface area (TPSA) is 41.1 Å². The molecule has 2 unspecified atom stereocenters. The molecule has 0 saturated heterocycles. The number of carbonyl (C=O) groups excluding carboxylic acids is 1. The van der Waals surface area contributed by atoms with E-state index in [2.05, 4.69) is 10.6 Å². The lowest BCUT2D eigenvalue weighted by atomic mass is 9.85. The third-order valence-corrected chi connectivity index (χ3v) is 3.86. The smallest absolute Gasteiger partial charge is 0.353 e. The normalized spacial score (nSPS) is 28.2. The zero-order valence-corrected chi connectivity index (χ0v) is 10.9. The average Bonchev–Trinajstić information content (AvgIpc) is 3.12. The van der Waals surface area contributed by atoms with Gasteiger partial charge in [0.25, 0.3) is 0 Å². The minimum Gasteiger partial charge on any atom is -0.353 e. The van der Waals surface area contributed by atoms with Crippen molar-refractivity contribution in [2.24, 2.45) is 5.92 Å². The predicted molar refractivity (Wildman–Crippen MR) is 65.6 cm³/mol. The molecule has 2 N–H and O–H groups in total. The molecule has 0 aromatic carbocycles. The van der Waals surface area contributed by atoms with E-state index in [1.54, 1.807) is 0 Å². The van der Waals surface area contributed by atoms with Gasteiger partial charge in [-0.05, 0) is 32.1 Å². The third-order valence-electron chi connectivity index (χ3n) is 3.86. The first kappa shape index (κ1) is 14.6. The number of hydrogen-bond donors (Lipinski definition) is 2. The van der Waals surface area contributed by atoms with Gasteiger partial charge in [-0.1, -0.05) is 6.42 Å². The van der Waals surface area contributed by atoms with Crippen LogP contribution in [0.3, 0.4) is 0 Å². The van der Waals surface area contributed by atoms with E-state index in [9.17, 15) is 18.0 Å². The third kappa shape index (κ3) is 5.01. The first-order valence-electron chi connectivity index (χ1n) is 7.04. The summed E-state index contributed by atoms with van der Waals surface area (Å²) in [5, 5.41) is 5.95. The zero-order valence-electron chi connectivity index (χ0n) is 10.9. The van der Waals surface area contributed by atoms with Gasteiger partial charge < -0.3 is 10.6 Å². The van der Waals surface area contributed by atoms with Gasteiger partial charge in [-0.2, -0.15) is 13.2 Å².